The summed E-state index contributed by atoms with van der Waals surface area (Å²) < 4.78 is 18.7. The number of carbonyl (C=O) groups excluding carboxylic acids is 1. The maximum absolute atomic E-state index is 13.0. The second kappa shape index (κ2) is 10.3. The Kier molecular flexibility index (Phi) is 7.80. The summed E-state index contributed by atoms with van der Waals surface area (Å²) in [5.41, 5.74) is 1.99. The van der Waals surface area contributed by atoms with Crippen LogP contribution in [-0.4, -0.2) is 10.9 Å². The molecule has 142 valence electrons. The quantitative estimate of drug-likeness (QED) is 0.353. The summed E-state index contributed by atoms with van der Waals surface area (Å²) >= 11 is 0. The van der Waals surface area contributed by atoms with E-state index in [0.29, 0.717) is 11.7 Å². The van der Waals surface area contributed by atoms with Crippen LogP contribution in [0.25, 0.3) is 0 Å². The first-order chi connectivity index (χ1) is 13.0. The Morgan fingerprint density at radius 2 is 1.81 bits per heavy atom. The first-order valence-electron chi connectivity index (χ1n) is 9.03. The lowest BCUT2D eigenvalue weighted by Crippen LogP contribution is -1.97. The molecule has 27 heavy (non-hydrogen) atoms. The Hall–Kier alpha value is -2.88. The minimum atomic E-state index is -0.294. The van der Waals surface area contributed by atoms with Gasteiger partial charge in [-0.25, -0.2) is 4.39 Å². The fourth-order valence-corrected chi connectivity index (χ4v) is 2.72. The molecule has 0 spiro atoms. The van der Waals surface area contributed by atoms with Crippen molar-refractivity contribution in [2.75, 3.05) is 0 Å². The smallest absolute Gasteiger partial charge is 0.156 e. The molecule has 0 saturated carbocycles. The minimum absolute atomic E-state index is 0.0978. The highest BCUT2D eigenvalue weighted by atomic mass is 19.1. The summed E-state index contributed by atoms with van der Waals surface area (Å²) in [5.74, 6) is 0.659. The Bertz CT molecular complexity index is 789. The van der Waals surface area contributed by atoms with Gasteiger partial charge in [0.2, 0.25) is 0 Å². The number of rotatable bonds is 9. The van der Waals surface area contributed by atoms with Crippen molar-refractivity contribution in [2.24, 2.45) is 0 Å². The van der Waals surface area contributed by atoms with Crippen LogP contribution in [0.15, 0.2) is 72.5 Å². The van der Waals surface area contributed by atoms with Crippen molar-refractivity contribution in [1.82, 2.24) is 0 Å². The number of hydrogen-bond donors (Lipinski definition) is 1. The summed E-state index contributed by atoms with van der Waals surface area (Å²) in [6.45, 7) is 3.85. The second-order valence-corrected chi connectivity index (χ2v) is 6.41. The first kappa shape index (κ1) is 20.4. The van der Waals surface area contributed by atoms with Crippen molar-refractivity contribution >= 4 is 5.78 Å². The van der Waals surface area contributed by atoms with Gasteiger partial charge in [-0.1, -0.05) is 37.3 Å². The van der Waals surface area contributed by atoms with Crippen molar-refractivity contribution in [1.29, 1.82) is 0 Å². The van der Waals surface area contributed by atoms with Crippen molar-refractivity contribution in [3.05, 3.63) is 89.5 Å². The summed E-state index contributed by atoms with van der Waals surface area (Å²) in [7, 11) is 0. The lowest BCUT2D eigenvalue weighted by molar-refractivity contribution is -0.112. The molecule has 0 saturated heterocycles. The molecule has 0 radical (unpaired) electrons. The van der Waals surface area contributed by atoms with E-state index in [2.05, 4.69) is 6.92 Å². The second-order valence-electron chi connectivity index (χ2n) is 6.41. The van der Waals surface area contributed by atoms with Crippen molar-refractivity contribution in [3.8, 4) is 5.75 Å². The van der Waals surface area contributed by atoms with Crippen LogP contribution in [0.5, 0.6) is 5.75 Å². The maximum atomic E-state index is 13.0. The van der Waals surface area contributed by atoms with Gasteiger partial charge < -0.3 is 9.84 Å². The number of halogens is 1. The maximum Gasteiger partial charge on any atom is 0.156 e. The molecule has 1 unspecified atom stereocenters. The zero-order valence-electron chi connectivity index (χ0n) is 15.7. The average molecular weight is 368 g/mol. The van der Waals surface area contributed by atoms with Gasteiger partial charge in [0, 0.05) is 6.08 Å². The van der Waals surface area contributed by atoms with Gasteiger partial charge in [0.1, 0.15) is 23.9 Å². The highest BCUT2D eigenvalue weighted by Gasteiger charge is 2.08. The molecule has 0 aromatic heterocycles. The molecule has 3 nitrogen and oxygen atoms in total. The predicted molar refractivity (Wildman–Crippen MR) is 105 cm³/mol. The molecule has 2 aromatic carbocycles. The van der Waals surface area contributed by atoms with Crippen molar-refractivity contribution in [3.63, 3.8) is 0 Å². The van der Waals surface area contributed by atoms with E-state index in [1.807, 2.05) is 18.2 Å². The summed E-state index contributed by atoms with van der Waals surface area (Å²) in [6.07, 6.45) is 6.98. The zero-order chi connectivity index (χ0) is 19.6. The highest BCUT2D eigenvalue weighted by molar-refractivity contribution is 5.88. The largest absolute Gasteiger partial charge is 0.508 e. The van der Waals surface area contributed by atoms with Gasteiger partial charge >= 0.3 is 0 Å². The predicted octanol–water partition coefficient (Wildman–Crippen LogP) is 5.66. The first-order valence-corrected chi connectivity index (χ1v) is 9.03. The Balaban J connectivity index is 2.00. The summed E-state index contributed by atoms with van der Waals surface area (Å²) in [4.78, 5) is 11.5. The molecule has 2 rings (SSSR count). The van der Waals surface area contributed by atoms with E-state index >= 15 is 0 Å². The molecule has 0 aliphatic carbocycles. The van der Waals surface area contributed by atoms with Gasteiger partial charge in [0.25, 0.3) is 0 Å². The standard InChI is InChI=1S/C23H25FO3/c1-3-19(20-9-13-22(26)14-10-20)5-4-6-23(15-17(2)25)27-16-18-7-11-21(24)12-8-18/h4,6-15,19,26H,3,5,16H2,1-2H3. The normalized spacial score (nSPS) is 12.9. The van der Waals surface area contributed by atoms with Gasteiger partial charge in [-0.2, -0.15) is 0 Å². The molecule has 0 heterocycles. The molecule has 0 fully saturated rings. The highest BCUT2D eigenvalue weighted by Crippen LogP contribution is 2.25. The lowest BCUT2D eigenvalue weighted by atomic mass is 9.93. The van der Waals surface area contributed by atoms with Crippen molar-refractivity contribution in [2.45, 2.75) is 39.2 Å². The number of phenolic OH excluding ortho intramolecular Hbond substituents is 1. The van der Waals surface area contributed by atoms with E-state index in [4.69, 9.17) is 4.74 Å². The van der Waals surface area contributed by atoms with Crippen LogP contribution >= 0.6 is 0 Å². The van der Waals surface area contributed by atoms with E-state index < -0.39 is 0 Å². The van der Waals surface area contributed by atoms with Gasteiger partial charge in [-0.3, -0.25) is 4.79 Å². The SMILES string of the molecule is CCC(CC=CC(=CC(C)=O)OCc1ccc(F)cc1)c1ccc(O)cc1. The molecular formula is C23H25FO3. The van der Waals surface area contributed by atoms with Crippen LogP contribution in [0.3, 0.4) is 0 Å². The topological polar surface area (TPSA) is 46.5 Å². The molecule has 0 bridgehead atoms. The van der Waals surface area contributed by atoms with Crippen LogP contribution in [-0.2, 0) is 16.1 Å². The van der Waals surface area contributed by atoms with Gasteiger partial charge in [-0.05, 0) is 67.2 Å². The van der Waals surface area contributed by atoms with E-state index in [0.717, 1.165) is 24.0 Å². The molecule has 0 aliphatic rings. The fourth-order valence-electron chi connectivity index (χ4n) is 2.72. The number of ketones is 1. The van der Waals surface area contributed by atoms with E-state index in [9.17, 15) is 14.3 Å². The molecular weight excluding hydrogens is 343 g/mol. The third-order valence-corrected chi connectivity index (χ3v) is 4.22. The van der Waals surface area contributed by atoms with Crippen LogP contribution in [0.2, 0.25) is 0 Å². The van der Waals surface area contributed by atoms with Crippen LogP contribution in [0.4, 0.5) is 4.39 Å². The van der Waals surface area contributed by atoms with Crippen molar-refractivity contribution < 1.29 is 19.0 Å². The molecule has 4 heteroatoms. The monoisotopic (exact) mass is 368 g/mol. The summed E-state index contributed by atoms with van der Waals surface area (Å²) in [6, 6.07) is 13.3. The third kappa shape index (κ3) is 7.10. The minimum Gasteiger partial charge on any atom is -0.508 e. The summed E-state index contributed by atoms with van der Waals surface area (Å²) in [5, 5.41) is 9.42. The fraction of sp³-hybridized carbons (Fsp3) is 0.261. The average Bonchev–Trinajstić information content (AvgIpc) is 2.65. The molecule has 1 atom stereocenters. The number of phenols is 1. The lowest BCUT2D eigenvalue weighted by Gasteiger charge is -2.13. The van der Waals surface area contributed by atoms with E-state index in [1.165, 1.54) is 25.1 Å². The van der Waals surface area contributed by atoms with E-state index in [-0.39, 0.29) is 24.0 Å². The molecule has 2 aromatic rings. The number of carbonyl (C=O) groups is 1. The molecule has 0 aliphatic heterocycles. The van der Waals surface area contributed by atoms with E-state index in [1.54, 1.807) is 30.3 Å². The zero-order valence-corrected chi connectivity index (χ0v) is 15.7. The third-order valence-electron chi connectivity index (χ3n) is 4.22. The molecule has 1 N–H and O–H groups in total. The van der Waals surface area contributed by atoms with Crippen LogP contribution < -0.4 is 0 Å². The van der Waals surface area contributed by atoms with Gasteiger partial charge in [0.05, 0.1) is 0 Å². The number of hydrogen-bond acceptors (Lipinski definition) is 3. The number of benzene rings is 2. The number of aromatic hydroxyl groups is 1. The van der Waals surface area contributed by atoms with Crippen LogP contribution in [0, 0.1) is 5.82 Å². The van der Waals surface area contributed by atoms with Gasteiger partial charge in [-0.15, -0.1) is 0 Å². The Morgan fingerprint density at radius 1 is 1.15 bits per heavy atom. The van der Waals surface area contributed by atoms with Crippen LogP contribution in [0.1, 0.15) is 43.7 Å². The number of allylic oxidation sites excluding steroid dienone is 3. The Morgan fingerprint density at radius 3 is 2.41 bits per heavy atom. The van der Waals surface area contributed by atoms with Gasteiger partial charge in [0.15, 0.2) is 5.78 Å². The Labute approximate surface area is 159 Å². The molecule has 0 amide bonds. The number of ether oxygens (including phenoxy) is 1.